The fraction of sp³-hybridized carbons (Fsp3) is 0. The molecule has 0 saturated carbocycles. The molecule has 0 fully saturated rings. The van der Waals surface area contributed by atoms with Crippen molar-refractivity contribution < 1.29 is 12.8 Å². The van der Waals surface area contributed by atoms with Crippen LogP contribution in [0.2, 0.25) is 0 Å². The smallest absolute Gasteiger partial charge is 0.238 e. The lowest BCUT2D eigenvalue weighted by molar-refractivity contribution is 0.597. The average molecular weight is 329 g/mol. The molecule has 0 aliphatic rings. The predicted molar refractivity (Wildman–Crippen MR) is 84.2 cm³/mol. The average Bonchev–Trinajstić information content (AvgIpc) is 2.55. The van der Waals surface area contributed by atoms with Crippen LogP contribution in [0.1, 0.15) is 0 Å². The van der Waals surface area contributed by atoms with Gasteiger partial charge >= 0.3 is 0 Å². The number of halogens is 1. The fourth-order valence-electron chi connectivity index (χ4n) is 2.39. The molecular formula is C16H12FN3O2S. The van der Waals surface area contributed by atoms with Gasteiger partial charge in [-0.1, -0.05) is 12.1 Å². The molecule has 2 heterocycles. The highest BCUT2D eigenvalue weighted by atomic mass is 32.2. The van der Waals surface area contributed by atoms with Crippen LogP contribution in [-0.4, -0.2) is 18.4 Å². The molecule has 2 N–H and O–H groups in total. The lowest BCUT2D eigenvalue weighted by Crippen LogP contribution is -2.14. The summed E-state index contributed by atoms with van der Waals surface area (Å²) in [5.74, 6) is -0.566. The van der Waals surface area contributed by atoms with Crippen molar-refractivity contribution in [2.75, 3.05) is 0 Å². The minimum Gasteiger partial charge on any atom is -0.264 e. The van der Waals surface area contributed by atoms with Gasteiger partial charge in [0.1, 0.15) is 5.82 Å². The summed E-state index contributed by atoms with van der Waals surface area (Å²) in [6, 6.07) is 8.83. The Hall–Kier alpha value is -2.64. The van der Waals surface area contributed by atoms with E-state index in [1.807, 2.05) is 0 Å². The van der Waals surface area contributed by atoms with Crippen LogP contribution in [0.5, 0.6) is 0 Å². The van der Waals surface area contributed by atoms with E-state index < -0.39 is 15.8 Å². The second kappa shape index (κ2) is 5.86. The van der Waals surface area contributed by atoms with Crippen LogP contribution in [0.3, 0.4) is 0 Å². The number of sulfonamides is 1. The summed E-state index contributed by atoms with van der Waals surface area (Å²) in [6.07, 6.45) is 6.02. The lowest BCUT2D eigenvalue weighted by atomic mass is 9.96. The van der Waals surface area contributed by atoms with Gasteiger partial charge in [-0.25, -0.2) is 17.9 Å². The molecule has 0 spiro atoms. The second-order valence-electron chi connectivity index (χ2n) is 4.82. The number of benzene rings is 1. The molecule has 0 atom stereocenters. The third-order valence-electron chi connectivity index (χ3n) is 3.32. The molecule has 0 unspecified atom stereocenters. The Labute approximate surface area is 132 Å². The maximum atomic E-state index is 14.5. The van der Waals surface area contributed by atoms with E-state index in [2.05, 4.69) is 9.97 Å². The molecule has 3 rings (SSSR count). The first-order valence-electron chi connectivity index (χ1n) is 6.64. The van der Waals surface area contributed by atoms with Gasteiger partial charge in [0.25, 0.3) is 0 Å². The first-order valence-corrected chi connectivity index (χ1v) is 8.19. The van der Waals surface area contributed by atoms with E-state index in [4.69, 9.17) is 5.14 Å². The number of nitrogens with zero attached hydrogens (tertiary/aromatic N) is 2. The van der Waals surface area contributed by atoms with E-state index >= 15 is 0 Å². The van der Waals surface area contributed by atoms with Crippen molar-refractivity contribution in [3.63, 3.8) is 0 Å². The molecular weight excluding hydrogens is 317 g/mol. The molecule has 2 aromatic heterocycles. The summed E-state index contributed by atoms with van der Waals surface area (Å²) in [5, 5.41) is 5.31. The molecule has 23 heavy (non-hydrogen) atoms. The maximum absolute atomic E-state index is 14.5. The van der Waals surface area contributed by atoms with Gasteiger partial charge < -0.3 is 0 Å². The van der Waals surface area contributed by atoms with Crippen molar-refractivity contribution in [2.45, 2.75) is 4.90 Å². The van der Waals surface area contributed by atoms with E-state index in [0.717, 1.165) is 12.1 Å². The molecule has 0 saturated heterocycles. The molecule has 0 aliphatic carbocycles. The lowest BCUT2D eigenvalue weighted by Gasteiger charge is -2.15. The number of aromatic nitrogens is 2. The van der Waals surface area contributed by atoms with Crippen molar-refractivity contribution in [3.8, 4) is 22.3 Å². The van der Waals surface area contributed by atoms with Crippen molar-refractivity contribution in [2.24, 2.45) is 5.14 Å². The standard InChI is InChI=1S/C16H12FN3O2S/c17-13-5-6-14(23(18,21)22)16(12-4-2-8-20-10-12)15(13)11-3-1-7-19-9-11/h1-10H,(H2,18,21,22). The SMILES string of the molecule is NS(=O)(=O)c1ccc(F)c(-c2cccnc2)c1-c1cccnc1. The van der Waals surface area contributed by atoms with Gasteiger partial charge in [0.05, 0.1) is 4.90 Å². The molecule has 1 aromatic carbocycles. The molecule has 5 nitrogen and oxygen atoms in total. The van der Waals surface area contributed by atoms with Gasteiger partial charge in [-0.2, -0.15) is 0 Å². The second-order valence-corrected chi connectivity index (χ2v) is 6.35. The molecule has 0 bridgehead atoms. The van der Waals surface area contributed by atoms with Crippen molar-refractivity contribution in [1.29, 1.82) is 0 Å². The van der Waals surface area contributed by atoms with E-state index in [1.54, 1.807) is 36.7 Å². The number of primary sulfonamides is 1. The van der Waals surface area contributed by atoms with E-state index in [0.29, 0.717) is 11.1 Å². The van der Waals surface area contributed by atoms with E-state index in [-0.39, 0.29) is 16.0 Å². The van der Waals surface area contributed by atoms with Crippen LogP contribution in [0, 0.1) is 5.82 Å². The number of nitrogens with two attached hydrogens (primary N) is 1. The van der Waals surface area contributed by atoms with Crippen LogP contribution >= 0.6 is 0 Å². The van der Waals surface area contributed by atoms with Gasteiger partial charge in [0, 0.05) is 47.0 Å². The molecule has 3 aromatic rings. The van der Waals surface area contributed by atoms with Crippen LogP contribution in [0.25, 0.3) is 22.3 Å². The van der Waals surface area contributed by atoms with Crippen LogP contribution in [-0.2, 0) is 10.0 Å². The number of hydrogen-bond acceptors (Lipinski definition) is 4. The minimum atomic E-state index is -4.04. The summed E-state index contributed by atoms with van der Waals surface area (Å²) in [6.45, 7) is 0. The monoisotopic (exact) mass is 329 g/mol. The van der Waals surface area contributed by atoms with Crippen LogP contribution in [0.4, 0.5) is 4.39 Å². The van der Waals surface area contributed by atoms with Crippen molar-refractivity contribution >= 4 is 10.0 Å². The van der Waals surface area contributed by atoms with Gasteiger partial charge in [-0.05, 0) is 24.3 Å². The Balaban J connectivity index is 2.44. The summed E-state index contributed by atoms with van der Waals surface area (Å²) in [4.78, 5) is 7.78. The van der Waals surface area contributed by atoms with Crippen molar-refractivity contribution in [1.82, 2.24) is 9.97 Å². The molecule has 0 amide bonds. The maximum Gasteiger partial charge on any atom is 0.238 e. The first-order chi connectivity index (χ1) is 11.0. The molecule has 116 valence electrons. The zero-order valence-corrected chi connectivity index (χ0v) is 12.7. The Kier molecular flexibility index (Phi) is 3.89. The topological polar surface area (TPSA) is 85.9 Å². The molecule has 7 heteroatoms. The summed E-state index contributed by atoms with van der Waals surface area (Å²) in [7, 11) is -4.04. The highest BCUT2D eigenvalue weighted by Gasteiger charge is 2.22. The highest BCUT2D eigenvalue weighted by molar-refractivity contribution is 7.89. The van der Waals surface area contributed by atoms with Gasteiger partial charge in [-0.15, -0.1) is 0 Å². The number of rotatable bonds is 3. The van der Waals surface area contributed by atoms with Crippen molar-refractivity contribution in [3.05, 3.63) is 67.0 Å². The summed E-state index contributed by atoms with van der Waals surface area (Å²) >= 11 is 0. The van der Waals surface area contributed by atoms with E-state index in [9.17, 15) is 12.8 Å². The third-order valence-corrected chi connectivity index (χ3v) is 4.28. The highest BCUT2D eigenvalue weighted by Crippen LogP contribution is 2.38. The largest absolute Gasteiger partial charge is 0.264 e. The van der Waals surface area contributed by atoms with Crippen LogP contribution < -0.4 is 5.14 Å². The Bertz CT molecular complexity index is 946. The first kappa shape index (κ1) is 15.3. The Morgan fingerprint density at radius 1 is 0.870 bits per heavy atom. The van der Waals surface area contributed by atoms with Gasteiger partial charge in [-0.3, -0.25) is 9.97 Å². The Morgan fingerprint density at radius 2 is 1.43 bits per heavy atom. The summed E-state index contributed by atoms with van der Waals surface area (Å²) in [5.41, 5.74) is 1.20. The fourth-order valence-corrected chi connectivity index (χ4v) is 3.15. The summed E-state index contributed by atoms with van der Waals surface area (Å²) < 4.78 is 38.4. The predicted octanol–water partition coefficient (Wildman–Crippen LogP) is 2.60. The van der Waals surface area contributed by atoms with Crippen LogP contribution in [0.15, 0.2) is 66.1 Å². The molecule has 0 radical (unpaired) electrons. The van der Waals surface area contributed by atoms with Gasteiger partial charge in [0.15, 0.2) is 0 Å². The number of pyridine rings is 2. The minimum absolute atomic E-state index is 0.123. The van der Waals surface area contributed by atoms with Gasteiger partial charge in [0.2, 0.25) is 10.0 Å². The Morgan fingerprint density at radius 3 is 1.91 bits per heavy atom. The third kappa shape index (κ3) is 2.96. The number of hydrogen-bond donors (Lipinski definition) is 1. The molecule has 0 aliphatic heterocycles. The normalized spacial score (nSPS) is 11.4. The quantitative estimate of drug-likeness (QED) is 0.800. The van der Waals surface area contributed by atoms with E-state index in [1.165, 1.54) is 12.4 Å². The zero-order chi connectivity index (χ0) is 16.4. The zero-order valence-electron chi connectivity index (χ0n) is 11.8.